The lowest BCUT2D eigenvalue weighted by Crippen LogP contribution is -2.18. The number of nitrogens with zero attached hydrogens (tertiary/aromatic N) is 3. The third kappa shape index (κ3) is 6.41. The van der Waals surface area contributed by atoms with Crippen LogP contribution in [0.5, 0.6) is 0 Å². The summed E-state index contributed by atoms with van der Waals surface area (Å²) in [6.07, 6.45) is 0. The van der Waals surface area contributed by atoms with E-state index in [9.17, 15) is 18.0 Å². The van der Waals surface area contributed by atoms with Gasteiger partial charge in [0.1, 0.15) is 0 Å². The maximum atomic E-state index is 12.8. The molecule has 0 aliphatic heterocycles. The number of benzene rings is 3. The number of aromatic carboxylic acids is 1. The van der Waals surface area contributed by atoms with Gasteiger partial charge in [-0.2, -0.15) is 9.67 Å². The highest BCUT2D eigenvalue weighted by Gasteiger charge is 2.19. The highest BCUT2D eigenvalue weighted by Crippen LogP contribution is 2.20. The number of carboxylic acids is 1. The molecule has 1 heterocycles. The number of rotatable bonds is 5. The number of sulfonamides is 1. The van der Waals surface area contributed by atoms with Crippen LogP contribution in [0.2, 0.25) is 0 Å². The molecule has 0 spiro atoms. The maximum Gasteiger partial charge on any atom is 0.336 e. The van der Waals surface area contributed by atoms with Gasteiger partial charge in [-0.05, 0) is 74.2 Å². The van der Waals surface area contributed by atoms with E-state index in [-0.39, 0.29) is 22.7 Å². The zero-order chi connectivity index (χ0) is 28.2. The predicted molar refractivity (Wildman–Crippen MR) is 144 cm³/mol. The van der Waals surface area contributed by atoms with Crippen molar-refractivity contribution in [1.29, 1.82) is 0 Å². The van der Waals surface area contributed by atoms with Crippen LogP contribution >= 0.6 is 0 Å². The fourth-order valence-electron chi connectivity index (χ4n) is 3.79. The maximum absolute atomic E-state index is 12.8. The second-order valence-corrected chi connectivity index (χ2v) is 10.1. The minimum absolute atomic E-state index is 0.0174. The van der Waals surface area contributed by atoms with Crippen molar-refractivity contribution in [3.05, 3.63) is 94.0 Å². The lowest BCUT2D eigenvalue weighted by atomic mass is 10.0. The molecular formula is C26H28N6O5S. The van der Waals surface area contributed by atoms with E-state index in [0.717, 1.165) is 26.9 Å². The number of nitrogens with two attached hydrogens (primary N) is 2. The zero-order valence-electron chi connectivity index (χ0n) is 21.3. The molecule has 198 valence electrons. The molecule has 0 atom stereocenters. The third-order valence-corrected chi connectivity index (χ3v) is 6.58. The summed E-state index contributed by atoms with van der Waals surface area (Å²) in [6.45, 7) is 7.27. The van der Waals surface area contributed by atoms with Crippen molar-refractivity contribution in [2.45, 2.75) is 32.6 Å². The van der Waals surface area contributed by atoms with Gasteiger partial charge in [0, 0.05) is 11.3 Å². The van der Waals surface area contributed by atoms with Gasteiger partial charge < -0.3 is 16.2 Å². The van der Waals surface area contributed by atoms with E-state index < -0.39 is 16.0 Å². The Balaban J connectivity index is 0.000000304. The Morgan fingerprint density at radius 2 is 1.32 bits per heavy atom. The molecule has 0 fully saturated rings. The van der Waals surface area contributed by atoms with Crippen LogP contribution in [-0.2, 0) is 10.0 Å². The van der Waals surface area contributed by atoms with Gasteiger partial charge in [0.05, 0.1) is 10.5 Å². The van der Waals surface area contributed by atoms with E-state index >= 15 is 0 Å². The highest BCUT2D eigenvalue weighted by atomic mass is 32.2. The number of carbonyl (C=O) groups excluding carboxylic acids is 1. The van der Waals surface area contributed by atoms with E-state index in [4.69, 9.17) is 16.0 Å². The van der Waals surface area contributed by atoms with Gasteiger partial charge in [-0.15, -0.1) is 5.10 Å². The zero-order valence-corrected chi connectivity index (χ0v) is 22.1. The molecule has 4 rings (SSSR count). The van der Waals surface area contributed by atoms with Crippen molar-refractivity contribution in [3.63, 3.8) is 0 Å². The van der Waals surface area contributed by atoms with Gasteiger partial charge in [0.2, 0.25) is 21.9 Å². The fourth-order valence-corrected chi connectivity index (χ4v) is 4.31. The molecule has 38 heavy (non-hydrogen) atoms. The summed E-state index contributed by atoms with van der Waals surface area (Å²) >= 11 is 0. The Hall–Kier alpha value is -4.55. The van der Waals surface area contributed by atoms with Crippen molar-refractivity contribution in [1.82, 2.24) is 14.8 Å². The van der Waals surface area contributed by atoms with Gasteiger partial charge in [-0.25, -0.2) is 18.4 Å². The smallest absolute Gasteiger partial charge is 0.336 e. The van der Waals surface area contributed by atoms with Crippen LogP contribution in [0.4, 0.5) is 17.6 Å². The molecule has 3 aromatic carbocycles. The summed E-state index contributed by atoms with van der Waals surface area (Å²) in [7, 11) is -3.77. The standard InChI is InChI=1S/C17H18N6O3S.C9H10O2/c1-10-4-3-5-11(2)14(10)15(24)23-16(18)21-17(22-23)20-12-6-8-13(9-7-12)27(19,25)26;1-6-4-3-5-7(2)8(6)9(10)11/h3-9H,1-2H3,(H2,19,25,26)(H3,18,20,21,22);3-5H,1-2H3,(H,10,11). The molecule has 11 nitrogen and oxygen atoms in total. The second kappa shape index (κ2) is 11.2. The Morgan fingerprint density at radius 1 is 0.842 bits per heavy atom. The van der Waals surface area contributed by atoms with Crippen LogP contribution in [0, 0.1) is 27.7 Å². The number of nitrogens with one attached hydrogen (secondary N) is 1. The number of primary sulfonamides is 1. The largest absolute Gasteiger partial charge is 0.478 e. The molecule has 6 N–H and O–H groups in total. The third-order valence-electron chi connectivity index (χ3n) is 5.65. The minimum atomic E-state index is -3.77. The first-order valence-corrected chi connectivity index (χ1v) is 12.9. The molecule has 0 aliphatic rings. The average molecular weight is 537 g/mol. The minimum Gasteiger partial charge on any atom is -0.478 e. The molecular weight excluding hydrogens is 508 g/mol. The molecule has 12 heteroatoms. The van der Waals surface area contributed by atoms with Crippen LogP contribution in [0.1, 0.15) is 43.0 Å². The number of anilines is 3. The van der Waals surface area contributed by atoms with Gasteiger partial charge >= 0.3 is 5.97 Å². The lowest BCUT2D eigenvalue weighted by molar-refractivity contribution is 0.0695. The summed E-state index contributed by atoms with van der Waals surface area (Å²) in [5, 5.41) is 20.8. The SMILES string of the molecule is Cc1cccc(C)c1C(=O)O.Cc1cccc(C)c1C(=O)n1nc(Nc2ccc(S(N)(=O)=O)cc2)nc1N. The summed E-state index contributed by atoms with van der Waals surface area (Å²) < 4.78 is 23.6. The number of nitrogen functional groups attached to an aromatic ring is 1. The molecule has 0 amide bonds. The van der Waals surface area contributed by atoms with E-state index in [1.165, 1.54) is 24.3 Å². The van der Waals surface area contributed by atoms with Crippen LogP contribution in [0.3, 0.4) is 0 Å². The summed E-state index contributed by atoms with van der Waals surface area (Å²) in [6, 6.07) is 16.7. The van der Waals surface area contributed by atoms with E-state index in [1.807, 2.05) is 38.1 Å². The van der Waals surface area contributed by atoms with E-state index in [1.54, 1.807) is 26.0 Å². The second-order valence-electron chi connectivity index (χ2n) is 8.54. The molecule has 0 saturated heterocycles. The number of aryl methyl sites for hydroxylation is 4. The van der Waals surface area contributed by atoms with Crippen molar-refractivity contribution in [2.75, 3.05) is 11.1 Å². The van der Waals surface area contributed by atoms with Crippen molar-refractivity contribution in [3.8, 4) is 0 Å². The summed E-state index contributed by atoms with van der Waals surface area (Å²) in [4.78, 5) is 27.5. The van der Waals surface area contributed by atoms with Crippen molar-refractivity contribution in [2.24, 2.45) is 5.14 Å². The lowest BCUT2D eigenvalue weighted by Gasteiger charge is -2.08. The van der Waals surface area contributed by atoms with E-state index in [0.29, 0.717) is 16.8 Å². The van der Waals surface area contributed by atoms with Gasteiger partial charge in [-0.3, -0.25) is 4.79 Å². The molecule has 0 aliphatic carbocycles. The first-order chi connectivity index (χ1) is 17.8. The molecule has 4 aromatic rings. The molecule has 0 bridgehead atoms. The monoisotopic (exact) mass is 536 g/mol. The number of carboxylic acid groups (broad SMARTS) is 1. The molecule has 0 saturated carbocycles. The fraction of sp³-hybridized carbons (Fsp3) is 0.154. The quantitative estimate of drug-likeness (QED) is 0.296. The predicted octanol–water partition coefficient (Wildman–Crippen LogP) is 3.56. The molecule has 1 aromatic heterocycles. The van der Waals surface area contributed by atoms with Crippen LogP contribution < -0.4 is 16.2 Å². The topological polar surface area (TPSA) is 183 Å². The Labute approximate surface area is 220 Å². The highest BCUT2D eigenvalue weighted by molar-refractivity contribution is 7.89. The number of hydrogen-bond donors (Lipinski definition) is 4. The Morgan fingerprint density at radius 3 is 1.74 bits per heavy atom. The molecule has 0 unspecified atom stereocenters. The normalized spacial score (nSPS) is 10.9. The van der Waals surface area contributed by atoms with Crippen LogP contribution in [0.25, 0.3) is 0 Å². The van der Waals surface area contributed by atoms with Crippen LogP contribution in [-0.4, -0.2) is 40.2 Å². The van der Waals surface area contributed by atoms with Crippen molar-refractivity contribution < 1.29 is 23.1 Å². The number of hydrogen-bond acceptors (Lipinski definition) is 8. The van der Waals surface area contributed by atoms with Crippen LogP contribution in [0.15, 0.2) is 65.6 Å². The first kappa shape index (κ1) is 28.0. The Kier molecular flexibility index (Phi) is 8.29. The first-order valence-electron chi connectivity index (χ1n) is 11.3. The Bertz CT molecular complexity index is 1570. The summed E-state index contributed by atoms with van der Waals surface area (Å²) in [5.41, 5.74) is 10.5. The van der Waals surface area contributed by atoms with Crippen molar-refractivity contribution >= 4 is 39.5 Å². The number of carbonyl (C=O) groups is 2. The summed E-state index contributed by atoms with van der Waals surface area (Å²) in [5.74, 6) is -1.18. The van der Waals surface area contributed by atoms with Gasteiger partial charge in [0.15, 0.2) is 0 Å². The number of aromatic nitrogens is 3. The van der Waals surface area contributed by atoms with Gasteiger partial charge in [-0.1, -0.05) is 36.4 Å². The average Bonchev–Trinajstić information content (AvgIpc) is 3.18. The van der Waals surface area contributed by atoms with Gasteiger partial charge in [0.25, 0.3) is 5.91 Å². The molecule has 0 radical (unpaired) electrons. The van der Waals surface area contributed by atoms with E-state index in [2.05, 4.69) is 15.4 Å².